The molecule has 0 bridgehead atoms. The molecule has 0 radical (unpaired) electrons. The van der Waals surface area contributed by atoms with Crippen LogP contribution in [0.3, 0.4) is 0 Å². The number of esters is 1. The smallest absolute Gasteiger partial charge is 0.344 e. The molecule has 2 amide bonds. The second-order valence-electron chi connectivity index (χ2n) is 7.63. The Labute approximate surface area is 195 Å². The number of hydrogen-bond acceptors (Lipinski definition) is 7. The van der Waals surface area contributed by atoms with Gasteiger partial charge in [0.05, 0.1) is 21.9 Å². The Kier molecular flexibility index (Phi) is 7.33. The Morgan fingerprint density at radius 1 is 1.15 bits per heavy atom. The fourth-order valence-corrected chi connectivity index (χ4v) is 4.55. The second kappa shape index (κ2) is 9.99. The molecule has 0 aliphatic carbocycles. The monoisotopic (exact) mass is 470 g/mol. The molecule has 3 rings (SSSR count). The summed E-state index contributed by atoms with van der Waals surface area (Å²) in [6.45, 7) is 9.80. The number of hydrogen-bond donors (Lipinski definition) is 1. The van der Waals surface area contributed by atoms with Crippen LogP contribution in [0.15, 0.2) is 39.5 Å². The van der Waals surface area contributed by atoms with Gasteiger partial charge in [-0.2, -0.15) is 0 Å². The molecule has 2 aromatic heterocycles. The summed E-state index contributed by atoms with van der Waals surface area (Å²) in [6, 6.07) is 8.22. The second-order valence-corrected chi connectivity index (χ2v) is 8.65. The molecule has 0 aliphatic rings. The highest BCUT2D eigenvalue weighted by molar-refractivity contribution is 7.18. The normalized spacial score (nSPS) is 11.0. The predicted octanol–water partition coefficient (Wildman–Crippen LogP) is 4.46. The van der Waals surface area contributed by atoms with Crippen LogP contribution < -0.4 is 10.9 Å². The van der Waals surface area contributed by atoms with Crippen molar-refractivity contribution >= 4 is 44.9 Å². The van der Waals surface area contributed by atoms with Crippen molar-refractivity contribution in [2.45, 2.75) is 40.7 Å². The van der Waals surface area contributed by atoms with Crippen LogP contribution in [-0.4, -0.2) is 41.9 Å². The van der Waals surface area contributed by atoms with Gasteiger partial charge in [-0.25, -0.2) is 9.59 Å². The van der Waals surface area contributed by atoms with Crippen molar-refractivity contribution in [2.24, 2.45) is 0 Å². The molecule has 0 saturated heterocycles. The van der Waals surface area contributed by atoms with Gasteiger partial charge in [0, 0.05) is 13.1 Å². The maximum Gasteiger partial charge on any atom is 0.344 e. The Balaban J connectivity index is 2.04. The number of thiophene rings is 1. The van der Waals surface area contributed by atoms with Crippen molar-refractivity contribution in [3.05, 3.63) is 62.5 Å². The van der Waals surface area contributed by atoms with Gasteiger partial charge in [-0.15, -0.1) is 11.3 Å². The number of nitrogens with one attached hydrogen (secondary N) is 1. The van der Waals surface area contributed by atoms with E-state index in [9.17, 15) is 19.2 Å². The van der Waals surface area contributed by atoms with E-state index in [0.717, 1.165) is 11.3 Å². The van der Waals surface area contributed by atoms with Gasteiger partial charge in [-0.1, -0.05) is 18.2 Å². The van der Waals surface area contributed by atoms with Crippen LogP contribution >= 0.6 is 11.3 Å². The number of nitrogens with zero attached hydrogens (tertiary/aromatic N) is 1. The maximum absolute atomic E-state index is 13.0. The number of rotatable bonds is 7. The van der Waals surface area contributed by atoms with E-state index >= 15 is 0 Å². The quantitative estimate of drug-likeness (QED) is 0.511. The van der Waals surface area contributed by atoms with Gasteiger partial charge >= 0.3 is 11.6 Å². The summed E-state index contributed by atoms with van der Waals surface area (Å²) >= 11 is 0.996. The van der Waals surface area contributed by atoms with Crippen molar-refractivity contribution in [3.8, 4) is 0 Å². The van der Waals surface area contributed by atoms with Crippen molar-refractivity contribution in [2.75, 3.05) is 18.4 Å². The van der Waals surface area contributed by atoms with E-state index in [-0.39, 0.29) is 28.3 Å². The fourth-order valence-electron chi connectivity index (χ4n) is 3.39. The van der Waals surface area contributed by atoms with E-state index in [1.165, 1.54) is 6.07 Å². The number of fused-ring (bicyclic) bond motifs is 1. The van der Waals surface area contributed by atoms with Gasteiger partial charge in [0.15, 0.2) is 5.76 Å². The molecule has 0 unspecified atom stereocenters. The highest BCUT2D eigenvalue weighted by Gasteiger charge is 2.29. The number of anilines is 1. The molecule has 2 heterocycles. The molecule has 0 saturated carbocycles. The topological polar surface area (TPSA) is 106 Å². The molecule has 1 aromatic carbocycles. The zero-order chi connectivity index (χ0) is 24.3. The van der Waals surface area contributed by atoms with E-state index < -0.39 is 17.5 Å². The van der Waals surface area contributed by atoms with E-state index in [2.05, 4.69) is 5.32 Å². The van der Waals surface area contributed by atoms with Crippen molar-refractivity contribution < 1.29 is 23.5 Å². The van der Waals surface area contributed by atoms with Crippen LogP contribution in [0.4, 0.5) is 5.00 Å². The lowest BCUT2D eigenvalue weighted by Gasteiger charge is -2.18. The molecule has 0 aliphatic heterocycles. The molecule has 174 valence electrons. The number of benzene rings is 1. The van der Waals surface area contributed by atoms with Crippen LogP contribution in [0.1, 0.15) is 63.8 Å². The molecule has 0 spiro atoms. The Hall–Kier alpha value is -3.46. The van der Waals surface area contributed by atoms with Crippen molar-refractivity contribution in [1.29, 1.82) is 0 Å². The minimum absolute atomic E-state index is 0.112. The number of amides is 2. The van der Waals surface area contributed by atoms with Crippen LogP contribution in [-0.2, 0) is 4.74 Å². The summed E-state index contributed by atoms with van der Waals surface area (Å²) in [6.07, 6.45) is -0.388. The molecular weight excluding hydrogens is 444 g/mol. The molecule has 3 aromatic rings. The van der Waals surface area contributed by atoms with Crippen molar-refractivity contribution in [3.63, 3.8) is 0 Å². The first-order chi connectivity index (χ1) is 15.7. The molecule has 9 heteroatoms. The number of ether oxygens (including phenoxy) is 1. The van der Waals surface area contributed by atoms with Gasteiger partial charge in [-0.3, -0.25) is 9.59 Å². The van der Waals surface area contributed by atoms with E-state index in [1.807, 2.05) is 13.8 Å². The van der Waals surface area contributed by atoms with Crippen molar-refractivity contribution in [1.82, 2.24) is 4.90 Å². The lowest BCUT2D eigenvalue weighted by Crippen LogP contribution is -2.30. The summed E-state index contributed by atoms with van der Waals surface area (Å²) < 4.78 is 10.5. The largest absolute Gasteiger partial charge is 0.459 e. The summed E-state index contributed by atoms with van der Waals surface area (Å²) in [4.78, 5) is 53.0. The summed E-state index contributed by atoms with van der Waals surface area (Å²) in [5.41, 5.74) is -0.101. The van der Waals surface area contributed by atoms with E-state index in [0.29, 0.717) is 34.3 Å². The number of carbonyl (C=O) groups excluding carboxylic acids is 3. The third kappa shape index (κ3) is 4.98. The van der Waals surface area contributed by atoms with Gasteiger partial charge < -0.3 is 19.4 Å². The highest BCUT2D eigenvalue weighted by Crippen LogP contribution is 2.35. The van der Waals surface area contributed by atoms with Crippen LogP contribution in [0.5, 0.6) is 0 Å². The molecule has 1 N–H and O–H groups in total. The fraction of sp³-hybridized carbons (Fsp3) is 0.333. The summed E-state index contributed by atoms with van der Waals surface area (Å²) in [5, 5.41) is 3.71. The molecular formula is C24H26N2O6S. The summed E-state index contributed by atoms with van der Waals surface area (Å²) in [7, 11) is 0. The summed E-state index contributed by atoms with van der Waals surface area (Å²) in [5.74, 6) is -1.80. The lowest BCUT2D eigenvalue weighted by atomic mass is 10.1. The zero-order valence-corrected chi connectivity index (χ0v) is 20.0. The highest BCUT2D eigenvalue weighted by atomic mass is 32.1. The average Bonchev–Trinajstić information content (AvgIpc) is 3.09. The molecule has 33 heavy (non-hydrogen) atoms. The SMILES string of the molecule is CCN(CC)C(=O)c1sc(NC(=O)c2cc3ccccc3c(=O)o2)c(C(=O)OC(C)C)c1C. The maximum atomic E-state index is 13.0. The van der Waals surface area contributed by atoms with Crippen LogP contribution in [0.2, 0.25) is 0 Å². The molecule has 0 fully saturated rings. The third-order valence-electron chi connectivity index (χ3n) is 5.06. The van der Waals surface area contributed by atoms with Gasteiger partial charge in [-0.05, 0) is 57.7 Å². The Morgan fingerprint density at radius 2 is 1.82 bits per heavy atom. The first-order valence-corrected chi connectivity index (χ1v) is 11.5. The van der Waals surface area contributed by atoms with E-state index in [4.69, 9.17) is 9.15 Å². The van der Waals surface area contributed by atoms with Gasteiger partial charge in [0.25, 0.3) is 11.8 Å². The van der Waals surface area contributed by atoms with Gasteiger partial charge in [0.2, 0.25) is 0 Å². The predicted molar refractivity (Wildman–Crippen MR) is 127 cm³/mol. The molecule has 8 nitrogen and oxygen atoms in total. The van der Waals surface area contributed by atoms with Gasteiger partial charge in [0.1, 0.15) is 5.00 Å². The minimum atomic E-state index is -0.709. The lowest BCUT2D eigenvalue weighted by molar-refractivity contribution is 0.0379. The first kappa shape index (κ1) is 24.2. The standard InChI is InChI=1S/C24H26N2O6S/c1-6-26(7-2)22(28)19-14(5)18(24(30)31-13(3)4)21(33-19)25-20(27)17-12-15-10-8-9-11-16(15)23(29)32-17/h8-13H,6-7H2,1-5H3,(H,25,27). The minimum Gasteiger partial charge on any atom is -0.459 e. The van der Waals surface area contributed by atoms with Crippen LogP contribution in [0, 0.1) is 6.92 Å². The zero-order valence-electron chi connectivity index (χ0n) is 19.2. The Bertz CT molecular complexity index is 1270. The molecule has 0 atom stereocenters. The number of carbonyl (C=O) groups is 3. The van der Waals surface area contributed by atoms with E-state index in [1.54, 1.807) is 49.9 Å². The first-order valence-electron chi connectivity index (χ1n) is 10.7. The Morgan fingerprint density at radius 3 is 2.45 bits per heavy atom. The van der Waals surface area contributed by atoms with Crippen LogP contribution in [0.25, 0.3) is 10.8 Å². The third-order valence-corrected chi connectivity index (χ3v) is 6.25. The average molecular weight is 471 g/mol.